The Morgan fingerprint density at radius 1 is 1.53 bits per heavy atom. The average Bonchev–Trinajstić information content (AvgIpc) is 2.29. The second-order valence-corrected chi connectivity index (χ2v) is 3.52. The number of hydrogen-bond donors (Lipinski definition) is 3. The summed E-state index contributed by atoms with van der Waals surface area (Å²) in [5, 5.41) is 13.9. The van der Waals surface area contributed by atoms with E-state index >= 15 is 0 Å². The van der Waals surface area contributed by atoms with Crippen molar-refractivity contribution in [1.82, 2.24) is 5.32 Å². The van der Waals surface area contributed by atoms with Gasteiger partial charge in [-0.15, -0.1) is 0 Å². The van der Waals surface area contributed by atoms with E-state index in [0.29, 0.717) is 26.2 Å². The van der Waals surface area contributed by atoms with Crippen molar-refractivity contribution in [3.63, 3.8) is 0 Å². The van der Waals surface area contributed by atoms with Gasteiger partial charge in [0.25, 0.3) is 0 Å². The molecule has 1 rings (SSSR count). The molecule has 6 heteroatoms. The van der Waals surface area contributed by atoms with Crippen LogP contribution in [0.25, 0.3) is 0 Å². The number of oxime groups is 1. The summed E-state index contributed by atoms with van der Waals surface area (Å²) >= 11 is 0. The first-order valence-electron chi connectivity index (χ1n) is 5.06. The van der Waals surface area contributed by atoms with E-state index in [1.807, 2.05) is 0 Å². The number of nitrogens with zero attached hydrogens (tertiary/aromatic N) is 1. The monoisotopic (exact) mass is 215 g/mol. The predicted octanol–water partition coefficient (Wildman–Crippen LogP) is -0.334. The number of carbonyl (C=O) groups is 1. The molecule has 1 aliphatic rings. The van der Waals surface area contributed by atoms with Crippen LogP contribution in [0.15, 0.2) is 5.16 Å². The van der Waals surface area contributed by atoms with Crippen LogP contribution in [-0.4, -0.2) is 36.7 Å². The smallest absolute Gasteiger partial charge is 0.223 e. The van der Waals surface area contributed by atoms with Crippen LogP contribution in [0.1, 0.15) is 19.3 Å². The van der Waals surface area contributed by atoms with Gasteiger partial charge in [0, 0.05) is 32.1 Å². The van der Waals surface area contributed by atoms with Gasteiger partial charge in [-0.1, -0.05) is 5.16 Å². The van der Waals surface area contributed by atoms with Gasteiger partial charge in [-0.25, -0.2) is 0 Å². The van der Waals surface area contributed by atoms with E-state index in [2.05, 4.69) is 10.5 Å². The molecule has 1 aliphatic heterocycles. The highest BCUT2D eigenvalue weighted by atomic mass is 16.5. The normalized spacial score (nSPS) is 18.8. The number of hydrogen-bond acceptors (Lipinski definition) is 4. The van der Waals surface area contributed by atoms with Crippen molar-refractivity contribution in [3.05, 3.63) is 0 Å². The fraction of sp³-hybridized carbons (Fsp3) is 0.778. The van der Waals surface area contributed by atoms with E-state index < -0.39 is 0 Å². The highest BCUT2D eigenvalue weighted by Gasteiger charge is 2.20. The molecule has 1 heterocycles. The molecule has 0 atom stereocenters. The zero-order valence-corrected chi connectivity index (χ0v) is 8.61. The molecule has 1 fully saturated rings. The van der Waals surface area contributed by atoms with Gasteiger partial charge in [-0.05, 0) is 12.8 Å². The van der Waals surface area contributed by atoms with Crippen LogP contribution < -0.4 is 11.1 Å². The SMILES string of the molecule is NC(CCNC(=O)C1CCOCC1)=NO. The van der Waals surface area contributed by atoms with Gasteiger partial charge in [0.1, 0.15) is 5.84 Å². The Bertz CT molecular complexity index is 237. The fourth-order valence-electron chi connectivity index (χ4n) is 1.47. The molecule has 0 aromatic heterocycles. The first-order valence-corrected chi connectivity index (χ1v) is 5.06. The summed E-state index contributed by atoms with van der Waals surface area (Å²) < 4.78 is 5.16. The summed E-state index contributed by atoms with van der Waals surface area (Å²) in [6.45, 7) is 1.71. The topological polar surface area (TPSA) is 96.9 Å². The summed E-state index contributed by atoms with van der Waals surface area (Å²) in [7, 11) is 0. The lowest BCUT2D eigenvalue weighted by molar-refractivity contribution is -0.127. The van der Waals surface area contributed by atoms with Crippen LogP contribution in [0.3, 0.4) is 0 Å². The molecule has 1 saturated heterocycles. The van der Waals surface area contributed by atoms with Crippen LogP contribution in [0, 0.1) is 5.92 Å². The number of nitrogens with one attached hydrogen (secondary N) is 1. The molecule has 15 heavy (non-hydrogen) atoms. The Morgan fingerprint density at radius 2 is 2.20 bits per heavy atom. The lowest BCUT2D eigenvalue weighted by atomic mass is 9.99. The first-order chi connectivity index (χ1) is 7.24. The molecule has 0 aromatic rings. The molecule has 0 aromatic carbocycles. The summed E-state index contributed by atoms with van der Waals surface area (Å²) in [6, 6.07) is 0. The molecule has 0 radical (unpaired) electrons. The van der Waals surface area contributed by atoms with E-state index in [4.69, 9.17) is 15.7 Å². The minimum Gasteiger partial charge on any atom is -0.409 e. The van der Waals surface area contributed by atoms with Crippen molar-refractivity contribution in [2.45, 2.75) is 19.3 Å². The Labute approximate surface area is 88.5 Å². The van der Waals surface area contributed by atoms with Gasteiger partial charge in [0.2, 0.25) is 5.91 Å². The molecule has 0 aliphatic carbocycles. The Kier molecular flexibility index (Phi) is 4.89. The average molecular weight is 215 g/mol. The van der Waals surface area contributed by atoms with Crippen LogP contribution in [0.5, 0.6) is 0 Å². The summed E-state index contributed by atoms with van der Waals surface area (Å²) in [6.07, 6.45) is 1.91. The molecule has 86 valence electrons. The number of amides is 1. The third-order valence-electron chi connectivity index (χ3n) is 2.40. The van der Waals surface area contributed by atoms with Crippen LogP contribution in [-0.2, 0) is 9.53 Å². The van der Waals surface area contributed by atoms with Crippen molar-refractivity contribution in [2.75, 3.05) is 19.8 Å². The molecule has 0 saturated carbocycles. The van der Waals surface area contributed by atoms with Gasteiger partial charge >= 0.3 is 0 Å². The van der Waals surface area contributed by atoms with Gasteiger partial charge in [-0.2, -0.15) is 0 Å². The second kappa shape index (κ2) is 6.23. The van der Waals surface area contributed by atoms with E-state index in [1.54, 1.807) is 0 Å². The fourth-order valence-corrected chi connectivity index (χ4v) is 1.47. The van der Waals surface area contributed by atoms with Crippen molar-refractivity contribution in [1.29, 1.82) is 0 Å². The van der Waals surface area contributed by atoms with Crippen LogP contribution in [0.2, 0.25) is 0 Å². The standard InChI is InChI=1S/C9H17N3O3/c10-8(12-14)1-4-11-9(13)7-2-5-15-6-3-7/h7,14H,1-6H2,(H2,10,12)(H,11,13). The van der Waals surface area contributed by atoms with Gasteiger partial charge in [0.15, 0.2) is 0 Å². The first kappa shape index (κ1) is 11.8. The van der Waals surface area contributed by atoms with Crippen molar-refractivity contribution >= 4 is 11.7 Å². The highest BCUT2D eigenvalue weighted by Crippen LogP contribution is 2.14. The molecule has 4 N–H and O–H groups in total. The van der Waals surface area contributed by atoms with E-state index in [9.17, 15) is 4.79 Å². The minimum absolute atomic E-state index is 0.0315. The van der Waals surface area contributed by atoms with Crippen molar-refractivity contribution in [2.24, 2.45) is 16.8 Å². The lowest BCUT2D eigenvalue weighted by Gasteiger charge is -2.21. The quantitative estimate of drug-likeness (QED) is 0.259. The molecule has 6 nitrogen and oxygen atoms in total. The molecular weight excluding hydrogens is 198 g/mol. The molecule has 0 bridgehead atoms. The highest BCUT2D eigenvalue weighted by molar-refractivity contribution is 5.82. The number of rotatable bonds is 4. The second-order valence-electron chi connectivity index (χ2n) is 3.52. The Hall–Kier alpha value is -1.30. The zero-order valence-electron chi connectivity index (χ0n) is 8.61. The number of amidine groups is 1. The van der Waals surface area contributed by atoms with Gasteiger partial charge in [-0.3, -0.25) is 4.79 Å². The van der Waals surface area contributed by atoms with E-state index in [-0.39, 0.29) is 17.7 Å². The largest absolute Gasteiger partial charge is 0.409 e. The van der Waals surface area contributed by atoms with Crippen molar-refractivity contribution < 1.29 is 14.7 Å². The number of carbonyl (C=O) groups excluding carboxylic acids is 1. The summed E-state index contributed by atoms with van der Waals surface area (Å²) in [5.74, 6) is 0.206. The third-order valence-corrected chi connectivity index (χ3v) is 2.40. The van der Waals surface area contributed by atoms with Gasteiger partial charge in [0.05, 0.1) is 0 Å². The number of nitrogens with two attached hydrogens (primary N) is 1. The minimum atomic E-state index is 0.0315. The summed E-state index contributed by atoms with van der Waals surface area (Å²) in [4.78, 5) is 11.6. The molecular formula is C9H17N3O3. The van der Waals surface area contributed by atoms with Crippen LogP contribution >= 0.6 is 0 Å². The maximum Gasteiger partial charge on any atom is 0.223 e. The zero-order chi connectivity index (χ0) is 11.1. The molecule has 0 unspecified atom stereocenters. The predicted molar refractivity (Wildman–Crippen MR) is 54.6 cm³/mol. The number of ether oxygens (including phenoxy) is 1. The molecule has 1 amide bonds. The Balaban J connectivity index is 2.17. The van der Waals surface area contributed by atoms with E-state index in [0.717, 1.165) is 12.8 Å². The van der Waals surface area contributed by atoms with Crippen LogP contribution in [0.4, 0.5) is 0 Å². The van der Waals surface area contributed by atoms with Gasteiger partial charge < -0.3 is 21.0 Å². The maximum atomic E-state index is 11.6. The Morgan fingerprint density at radius 3 is 2.80 bits per heavy atom. The molecule has 0 spiro atoms. The van der Waals surface area contributed by atoms with E-state index in [1.165, 1.54) is 0 Å². The third kappa shape index (κ3) is 4.16. The van der Waals surface area contributed by atoms with Crippen molar-refractivity contribution in [3.8, 4) is 0 Å². The maximum absolute atomic E-state index is 11.6. The summed E-state index contributed by atoms with van der Waals surface area (Å²) in [5.41, 5.74) is 5.27. The lowest BCUT2D eigenvalue weighted by Crippen LogP contribution is -2.35.